The second kappa shape index (κ2) is 8.37. The summed E-state index contributed by atoms with van der Waals surface area (Å²) in [7, 11) is -2.24. The van der Waals surface area contributed by atoms with Gasteiger partial charge in [-0.05, 0) is 44.9 Å². The van der Waals surface area contributed by atoms with Crippen molar-refractivity contribution in [3.63, 3.8) is 0 Å². The lowest BCUT2D eigenvalue weighted by Crippen LogP contribution is -2.53. The van der Waals surface area contributed by atoms with Gasteiger partial charge in [-0.1, -0.05) is 6.07 Å². The third-order valence-corrected chi connectivity index (χ3v) is 6.85. The van der Waals surface area contributed by atoms with Crippen LogP contribution in [0, 0.1) is 0 Å². The molecule has 0 radical (unpaired) electrons. The first-order chi connectivity index (χ1) is 12.6. The lowest BCUT2D eigenvalue weighted by molar-refractivity contribution is -0.139. The Morgan fingerprint density at radius 2 is 1.93 bits per heavy atom. The molecule has 1 saturated heterocycles. The SMILES string of the molecule is CC(C)N(C)S(=O)(=O)c1cccc(C(=O)NC2(CC(=O)O)CCOCC2)c1. The summed E-state index contributed by atoms with van der Waals surface area (Å²) in [4.78, 5) is 24.0. The molecular weight excluding hydrogens is 372 g/mol. The number of hydrogen-bond donors (Lipinski definition) is 2. The Labute approximate surface area is 159 Å². The maximum atomic E-state index is 12.7. The molecule has 0 aliphatic carbocycles. The summed E-state index contributed by atoms with van der Waals surface area (Å²) in [6.45, 7) is 4.24. The molecule has 0 atom stereocenters. The highest BCUT2D eigenvalue weighted by molar-refractivity contribution is 7.89. The first kappa shape index (κ1) is 21.3. The van der Waals surface area contributed by atoms with Crippen LogP contribution in [0.3, 0.4) is 0 Å². The van der Waals surface area contributed by atoms with Gasteiger partial charge < -0.3 is 15.2 Å². The van der Waals surface area contributed by atoms with E-state index in [0.29, 0.717) is 26.1 Å². The molecule has 1 aliphatic rings. The van der Waals surface area contributed by atoms with E-state index in [0.717, 1.165) is 0 Å². The Bertz CT molecular complexity index is 800. The zero-order valence-corrected chi connectivity index (χ0v) is 16.6. The van der Waals surface area contributed by atoms with Crippen LogP contribution in [0.2, 0.25) is 0 Å². The molecule has 1 heterocycles. The number of sulfonamides is 1. The van der Waals surface area contributed by atoms with Crippen LogP contribution < -0.4 is 5.32 Å². The summed E-state index contributed by atoms with van der Waals surface area (Å²) in [5.41, 5.74) is -0.727. The molecular formula is C18H26N2O6S. The monoisotopic (exact) mass is 398 g/mol. The standard InChI is InChI=1S/C18H26N2O6S/c1-13(2)20(3)27(24,25)15-6-4-5-14(11-15)17(23)19-18(12-16(21)22)7-9-26-10-8-18/h4-6,11,13H,7-10,12H2,1-3H3,(H,19,23)(H,21,22). The van der Waals surface area contributed by atoms with Crippen LogP contribution in [0.15, 0.2) is 29.2 Å². The van der Waals surface area contributed by atoms with E-state index in [1.807, 2.05) is 0 Å². The van der Waals surface area contributed by atoms with E-state index in [-0.39, 0.29) is 22.9 Å². The average molecular weight is 398 g/mol. The molecule has 0 unspecified atom stereocenters. The number of carbonyl (C=O) groups excluding carboxylic acids is 1. The van der Waals surface area contributed by atoms with Crippen molar-refractivity contribution in [1.29, 1.82) is 0 Å². The summed E-state index contributed by atoms with van der Waals surface area (Å²) < 4.78 is 31.8. The molecule has 0 aromatic heterocycles. The van der Waals surface area contributed by atoms with Crippen LogP contribution in [0.1, 0.15) is 43.5 Å². The van der Waals surface area contributed by atoms with Crippen LogP contribution in [-0.4, -0.2) is 61.5 Å². The summed E-state index contributed by atoms with van der Waals surface area (Å²) in [5.74, 6) is -1.51. The van der Waals surface area contributed by atoms with Gasteiger partial charge in [-0.2, -0.15) is 4.31 Å². The van der Waals surface area contributed by atoms with Crippen LogP contribution in [-0.2, 0) is 19.6 Å². The first-order valence-corrected chi connectivity index (χ1v) is 10.2. The van der Waals surface area contributed by atoms with Crippen molar-refractivity contribution in [3.05, 3.63) is 29.8 Å². The van der Waals surface area contributed by atoms with Crippen molar-refractivity contribution in [2.24, 2.45) is 0 Å². The van der Waals surface area contributed by atoms with Crippen molar-refractivity contribution >= 4 is 21.9 Å². The molecule has 150 valence electrons. The molecule has 1 amide bonds. The number of rotatable bonds is 7. The number of nitrogens with zero attached hydrogens (tertiary/aromatic N) is 1. The second-order valence-electron chi connectivity index (χ2n) is 7.06. The fourth-order valence-corrected chi connectivity index (χ4v) is 4.37. The fourth-order valence-electron chi connectivity index (χ4n) is 2.95. The number of ether oxygens (including phenoxy) is 1. The van der Waals surface area contributed by atoms with E-state index in [9.17, 15) is 23.1 Å². The summed E-state index contributed by atoms with van der Waals surface area (Å²) >= 11 is 0. The van der Waals surface area contributed by atoms with Crippen molar-refractivity contribution in [1.82, 2.24) is 9.62 Å². The van der Waals surface area contributed by atoms with E-state index in [4.69, 9.17) is 4.74 Å². The molecule has 2 rings (SSSR count). The Morgan fingerprint density at radius 3 is 2.48 bits per heavy atom. The third kappa shape index (κ3) is 5.06. The Hall–Kier alpha value is -1.97. The number of hydrogen-bond acceptors (Lipinski definition) is 5. The van der Waals surface area contributed by atoms with Gasteiger partial charge in [0.1, 0.15) is 0 Å². The van der Waals surface area contributed by atoms with E-state index in [2.05, 4.69) is 5.32 Å². The predicted molar refractivity (Wildman–Crippen MR) is 99.0 cm³/mol. The average Bonchev–Trinajstić information content (AvgIpc) is 2.61. The lowest BCUT2D eigenvalue weighted by Gasteiger charge is -2.36. The van der Waals surface area contributed by atoms with Gasteiger partial charge in [0.15, 0.2) is 0 Å². The van der Waals surface area contributed by atoms with Gasteiger partial charge in [-0.25, -0.2) is 8.42 Å². The highest BCUT2D eigenvalue weighted by Gasteiger charge is 2.37. The van der Waals surface area contributed by atoms with Crippen LogP contribution in [0.25, 0.3) is 0 Å². The van der Waals surface area contributed by atoms with Crippen LogP contribution in [0.4, 0.5) is 0 Å². The highest BCUT2D eigenvalue weighted by atomic mass is 32.2. The molecule has 0 bridgehead atoms. The number of benzene rings is 1. The summed E-state index contributed by atoms with van der Waals surface area (Å²) in [5, 5.41) is 12.0. The van der Waals surface area contributed by atoms with Gasteiger partial charge >= 0.3 is 5.97 Å². The molecule has 1 aliphatic heterocycles. The van der Waals surface area contributed by atoms with E-state index < -0.39 is 27.4 Å². The molecule has 0 saturated carbocycles. The minimum absolute atomic E-state index is 0.0191. The van der Waals surface area contributed by atoms with Gasteiger partial charge in [0.05, 0.1) is 16.9 Å². The minimum atomic E-state index is -3.72. The second-order valence-corrected chi connectivity index (χ2v) is 9.06. The van der Waals surface area contributed by atoms with Crippen LogP contribution in [0.5, 0.6) is 0 Å². The zero-order valence-electron chi connectivity index (χ0n) is 15.8. The van der Waals surface area contributed by atoms with E-state index in [1.54, 1.807) is 13.8 Å². The largest absolute Gasteiger partial charge is 0.481 e. The molecule has 9 heteroatoms. The number of nitrogens with one attached hydrogen (secondary N) is 1. The quantitative estimate of drug-likeness (QED) is 0.719. The molecule has 2 N–H and O–H groups in total. The van der Waals surface area contributed by atoms with E-state index in [1.165, 1.54) is 35.6 Å². The molecule has 27 heavy (non-hydrogen) atoms. The van der Waals surface area contributed by atoms with Crippen molar-refractivity contribution in [3.8, 4) is 0 Å². The number of carboxylic acid groups (broad SMARTS) is 1. The fraction of sp³-hybridized carbons (Fsp3) is 0.556. The summed E-state index contributed by atoms with van der Waals surface area (Å²) in [6.07, 6.45) is 0.564. The van der Waals surface area contributed by atoms with Crippen molar-refractivity contribution < 1.29 is 27.9 Å². The first-order valence-electron chi connectivity index (χ1n) is 8.77. The molecule has 1 aromatic carbocycles. The smallest absolute Gasteiger partial charge is 0.305 e. The van der Waals surface area contributed by atoms with Crippen molar-refractivity contribution in [2.75, 3.05) is 20.3 Å². The van der Waals surface area contributed by atoms with Gasteiger partial charge in [-0.15, -0.1) is 0 Å². The normalized spacial score (nSPS) is 17.1. The third-order valence-electron chi connectivity index (χ3n) is 4.82. The number of aliphatic carboxylic acids is 1. The maximum Gasteiger partial charge on any atom is 0.305 e. The molecule has 0 spiro atoms. The molecule has 1 fully saturated rings. The molecule has 8 nitrogen and oxygen atoms in total. The number of carboxylic acids is 1. The zero-order chi connectivity index (χ0) is 20.2. The Kier molecular flexibility index (Phi) is 6.61. The van der Waals surface area contributed by atoms with Gasteiger partial charge in [0.2, 0.25) is 10.0 Å². The minimum Gasteiger partial charge on any atom is -0.481 e. The van der Waals surface area contributed by atoms with Gasteiger partial charge in [-0.3, -0.25) is 9.59 Å². The molecule has 1 aromatic rings. The lowest BCUT2D eigenvalue weighted by atomic mass is 9.86. The predicted octanol–water partition coefficient (Wildman–Crippen LogP) is 1.47. The Morgan fingerprint density at radius 1 is 1.30 bits per heavy atom. The van der Waals surface area contributed by atoms with Crippen LogP contribution >= 0.6 is 0 Å². The highest BCUT2D eigenvalue weighted by Crippen LogP contribution is 2.26. The Balaban J connectivity index is 2.27. The summed E-state index contributed by atoms with van der Waals surface area (Å²) in [6, 6.07) is 5.54. The topological polar surface area (TPSA) is 113 Å². The van der Waals surface area contributed by atoms with Crippen molar-refractivity contribution in [2.45, 2.75) is 49.6 Å². The van der Waals surface area contributed by atoms with Gasteiger partial charge in [0, 0.05) is 31.9 Å². The maximum absolute atomic E-state index is 12.7. The number of carbonyl (C=O) groups is 2. The van der Waals surface area contributed by atoms with Gasteiger partial charge in [0.25, 0.3) is 5.91 Å². The van der Waals surface area contributed by atoms with E-state index >= 15 is 0 Å². The number of amides is 1.